The van der Waals surface area contributed by atoms with Crippen LogP contribution >= 0.6 is 0 Å². The number of nitrogens with zero attached hydrogens (tertiary/aromatic N) is 4. The third kappa shape index (κ3) is 7.35. The lowest BCUT2D eigenvalue weighted by Crippen LogP contribution is -2.50. The molecule has 1 aromatic carbocycles. The number of aryl methyl sites for hydroxylation is 2. The Hall–Kier alpha value is -4.67. The Morgan fingerprint density at radius 1 is 1.04 bits per heavy atom. The van der Waals surface area contributed by atoms with Crippen molar-refractivity contribution in [3.05, 3.63) is 74.8 Å². The molecule has 11 heteroatoms. The van der Waals surface area contributed by atoms with Crippen molar-refractivity contribution in [2.24, 2.45) is 0 Å². The van der Waals surface area contributed by atoms with E-state index < -0.39 is 11.0 Å². The van der Waals surface area contributed by atoms with Crippen LogP contribution in [0, 0.1) is 6.92 Å². The van der Waals surface area contributed by atoms with Crippen molar-refractivity contribution in [2.75, 3.05) is 36.0 Å². The van der Waals surface area contributed by atoms with Crippen LogP contribution < -0.4 is 20.7 Å². The predicted octanol–water partition coefficient (Wildman–Crippen LogP) is 5.72. The molecule has 0 atom stereocenters. The van der Waals surface area contributed by atoms with E-state index in [-0.39, 0.29) is 36.1 Å². The molecule has 3 aromatic rings. The van der Waals surface area contributed by atoms with Gasteiger partial charge in [-0.3, -0.25) is 14.4 Å². The van der Waals surface area contributed by atoms with Gasteiger partial charge in [0.2, 0.25) is 5.91 Å². The summed E-state index contributed by atoms with van der Waals surface area (Å²) in [4.78, 5) is 66.5. The number of carbonyl (C=O) groups is 3. The van der Waals surface area contributed by atoms with Crippen molar-refractivity contribution >= 4 is 29.4 Å². The molecule has 0 radical (unpaired) electrons. The minimum Gasteiger partial charge on any atom is -0.444 e. The van der Waals surface area contributed by atoms with Gasteiger partial charge in [0.25, 0.3) is 11.5 Å². The van der Waals surface area contributed by atoms with Gasteiger partial charge in [0.15, 0.2) is 0 Å². The van der Waals surface area contributed by atoms with Crippen LogP contribution in [0.2, 0.25) is 0 Å². The van der Waals surface area contributed by atoms with E-state index in [1.807, 2.05) is 85.7 Å². The number of nitrogens with one attached hydrogen (secondary N) is 2. The van der Waals surface area contributed by atoms with Gasteiger partial charge in [0, 0.05) is 78.6 Å². The van der Waals surface area contributed by atoms with Gasteiger partial charge >= 0.3 is 6.09 Å². The number of amides is 3. The van der Waals surface area contributed by atoms with Crippen molar-refractivity contribution in [3.63, 3.8) is 0 Å². The van der Waals surface area contributed by atoms with Gasteiger partial charge in [-0.05, 0) is 103 Å². The fraction of sp³-hybridized carbons (Fsp3) is 0.500. The van der Waals surface area contributed by atoms with Crippen molar-refractivity contribution in [2.45, 2.75) is 98.8 Å². The number of ether oxygens (including phenoxy) is 1. The van der Waals surface area contributed by atoms with Crippen LogP contribution in [-0.2, 0) is 27.9 Å². The molecule has 2 aromatic heterocycles. The van der Waals surface area contributed by atoms with Gasteiger partial charge in [0.05, 0.1) is 5.41 Å². The number of hydrogen-bond acceptors (Lipinski definition) is 7. The number of carbonyl (C=O) groups excluding carboxylic acids is 3. The van der Waals surface area contributed by atoms with Gasteiger partial charge in [-0.2, -0.15) is 0 Å². The van der Waals surface area contributed by atoms with E-state index in [2.05, 4.69) is 22.1 Å². The van der Waals surface area contributed by atoms with Crippen LogP contribution in [-0.4, -0.2) is 70.6 Å². The average molecular weight is 671 g/mol. The van der Waals surface area contributed by atoms with Gasteiger partial charge < -0.3 is 29.7 Å². The van der Waals surface area contributed by atoms with Crippen LogP contribution in [0.15, 0.2) is 41.3 Å². The van der Waals surface area contributed by atoms with Crippen LogP contribution in [0.5, 0.6) is 0 Å². The summed E-state index contributed by atoms with van der Waals surface area (Å²) in [7, 11) is 0. The Balaban J connectivity index is 1.44. The summed E-state index contributed by atoms with van der Waals surface area (Å²) in [5.74, 6) is 0.375. The van der Waals surface area contributed by atoms with Crippen molar-refractivity contribution < 1.29 is 19.1 Å². The molecular weight excluding hydrogens is 620 g/mol. The average Bonchev–Trinajstić information content (AvgIpc) is 3.23. The number of aromatic amines is 1. The molecular formula is C38H50N6O5. The fourth-order valence-corrected chi connectivity index (χ4v) is 6.77. The normalized spacial score (nSPS) is 15.9. The van der Waals surface area contributed by atoms with Gasteiger partial charge in [0.1, 0.15) is 11.4 Å². The molecule has 0 spiro atoms. The molecule has 1 fully saturated rings. The Morgan fingerprint density at radius 3 is 2.33 bits per heavy atom. The van der Waals surface area contributed by atoms with E-state index in [0.717, 1.165) is 41.0 Å². The van der Waals surface area contributed by atoms with E-state index in [9.17, 15) is 19.2 Å². The number of aromatic nitrogens is 2. The molecule has 2 aliphatic rings. The molecule has 0 unspecified atom stereocenters. The van der Waals surface area contributed by atoms with Crippen LogP contribution in [0.4, 0.5) is 16.3 Å². The summed E-state index contributed by atoms with van der Waals surface area (Å²) in [6.45, 7) is 19.5. The molecule has 11 nitrogen and oxygen atoms in total. The highest BCUT2D eigenvalue weighted by Gasteiger charge is 2.47. The second-order valence-corrected chi connectivity index (χ2v) is 14.9. The predicted molar refractivity (Wildman–Crippen MR) is 192 cm³/mol. The number of pyridine rings is 2. The largest absolute Gasteiger partial charge is 0.444 e. The molecule has 4 heterocycles. The van der Waals surface area contributed by atoms with Gasteiger partial charge in [-0.1, -0.05) is 13.3 Å². The van der Waals surface area contributed by atoms with Crippen LogP contribution in [0.3, 0.4) is 0 Å². The van der Waals surface area contributed by atoms with Crippen molar-refractivity contribution in [3.8, 4) is 11.1 Å². The number of H-pyrrole nitrogens is 1. The van der Waals surface area contributed by atoms with E-state index in [0.29, 0.717) is 48.6 Å². The quantitative estimate of drug-likeness (QED) is 0.314. The molecule has 262 valence electrons. The SMILES string of the molecule is CCCc1cc(C)[nH]c(=O)c1CNC(=O)c1cc(-c2ccc(N3CCN(C(=O)OC(C)(C)C)CC3)nc2)cc2c1C(C)(C)C(=O)N2C(C)C. The topological polar surface area (TPSA) is 128 Å². The Kier molecular flexibility index (Phi) is 9.95. The number of fused-ring (bicyclic) bond motifs is 1. The first-order valence-electron chi connectivity index (χ1n) is 17.2. The molecule has 1 saturated heterocycles. The zero-order chi connectivity index (χ0) is 35.8. The zero-order valence-electron chi connectivity index (χ0n) is 30.3. The first kappa shape index (κ1) is 35.6. The monoisotopic (exact) mass is 670 g/mol. The number of benzene rings is 1. The maximum absolute atomic E-state index is 14.1. The Bertz CT molecular complexity index is 1800. The number of rotatable bonds is 8. The maximum Gasteiger partial charge on any atom is 0.410 e. The third-order valence-corrected chi connectivity index (χ3v) is 9.16. The van der Waals surface area contributed by atoms with Gasteiger partial charge in [-0.15, -0.1) is 0 Å². The highest BCUT2D eigenvalue weighted by Crippen LogP contribution is 2.46. The van der Waals surface area contributed by atoms with E-state index in [1.165, 1.54) is 0 Å². The first-order valence-corrected chi connectivity index (χ1v) is 17.2. The highest BCUT2D eigenvalue weighted by atomic mass is 16.6. The van der Waals surface area contributed by atoms with Crippen LogP contribution in [0.1, 0.15) is 94.6 Å². The molecule has 0 bridgehead atoms. The fourth-order valence-electron chi connectivity index (χ4n) is 6.77. The molecule has 2 aliphatic heterocycles. The summed E-state index contributed by atoms with van der Waals surface area (Å²) in [6, 6.07) is 9.55. The summed E-state index contributed by atoms with van der Waals surface area (Å²) < 4.78 is 5.53. The first-order chi connectivity index (χ1) is 23.0. The highest BCUT2D eigenvalue weighted by molar-refractivity contribution is 6.13. The number of piperazine rings is 1. The van der Waals surface area contributed by atoms with Crippen LogP contribution in [0.25, 0.3) is 11.1 Å². The summed E-state index contributed by atoms with van der Waals surface area (Å²) in [5.41, 5.74) is 3.90. The molecule has 2 N–H and O–H groups in total. The van der Waals surface area contributed by atoms with E-state index in [4.69, 9.17) is 9.72 Å². The molecule has 0 aliphatic carbocycles. The summed E-state index contributed by atoms with van der Waals surface area (Å²) in [5, 5.41) is 3.01. The lowest BCUT2D eigenvalue weighted by atomic mass is 9.81. The second kappa shape index (κ2) is 13.7. The molecule has 5 rings (SSSR count). The second-order valence-electron chi connectivity index (χ2n) is 14.9. The Labute approximate surface area is 289 Å². The summed E-state index contributed by atoms with van der Waals surface area (Å²) in [6.07, 6.45) is 3.07. The lowest BCUT2D eigenvalue weighted by molar-refractivity contribution is -0.122. The van der Waals surface area contributed by atoms with E-state index in [1.54, 1.807) is 16.0 Å². The third-order valence-electron chi connectivity index (χ3n) is 9.16. The van der Waals surface area contributed by atoms with Crippen molar-refractivity contribution in [1.82, 2.24) is 20.2 Å². The number of hydrogen-bond donors (Lipinski definition) is 2. The molecule has 49 heavy (non-hydrogen) atoms. The Morgan fingerprint density at radius 2 is 1.73 bits per heavy atom. The summed E-state index contributed by atoms with van der Waals surface area (Å²) >= 11 is 0. The number of anilines is 2. The lowest BCUT2D eigenvalue weighted by Gasteiger charge is -2.36. The van der Waals surface area contributed by atoms with E-state index >= 15 is 0 Å². The molecule has 3 amide bonds. The smallest absolute Gasteiger partial charge is 0.410 e. The zero-order valence-corrected chi connectivity index (χ0v) is 30.3. The standard InChI is InChI=1S/C38H50N6O5/c1-10-11-25-18-24(4)41-34(46)29(25)22-40-33(45)28-19-27(20-30-32(28)38(8,9)35(47)44(30)23(2)3)26-12-13-31(39-21-26)42-14-16-43(17-15-42)36(48)49-37(5,6)7/h12-13,18-21,23H,10-11,14-17,22H2,1-9H3,(H,40,45)(H,41,46). The molecule has 0 saturated carbocycles. The van der Waals surface area contributed by atoms with Gasteiger partial charge in [-0.25, -0.2) is 9.78 Å². The minimum absolute atomic E-state index is 0.0668. The maximum atomic E-state index is 14.1. The minimum atomic E-state index is -0.928. The van der Waals surface area contributed by atoms with Crippen molar-refractivity contribution in [1.29, 1.82) is 0 Å².